The zero-order valence-electron chi connectivity index (χ0n) is 14.2. The second-order valence-electron chi connectivity index (χ2n) is 5.45. The van der Waals surface area contributed by atoms with E-state index in [1.807, 2.05) is 0 Å². The first-order valence-corrected chi connectivity index (χ1v) is 7.78. The van der Waals surface area contributed by atoms with Crippen molar-refractivity contribution >= 4 is 11.6 Å². The molecule has 0 aliphatic carbocycles. The van der Waals surface area contributed by atoms with Crippen LogP contribution in [-0.4, -0.2) is 29.4 Å². The summed E-state index contributed by atoms with van der Waals surface area (Å²) in [4.78, 5) is 14.8. The molecule has 3 rings (SSSR count). The third kappa shape index (κ3) is 3.97. The monoisotopic (exact) mass is 356 g/mol. The first kappa shape index (κ1) is 17.4. The highest BCUT2D eigenvalue weighted by Gasteiger charge is 2.09. The number of halogens is 1. The lowest BCUT2D eigenvalue weighted by Crippen LogP contribution is -2.18. The predicted octanol–water partition coefficient (Wildman–Crippen LogP) is 2.66. The average Bonchev–Trinajstić information content (AvgIpc) is 2.65. The van der Waals surface area contributed by atoms with Gasteiger partial charge >= 0.3 is 0 Å². The Morgan fingerprint density at radius 2 is 1.77 bits per heavy atom. The summed E-state index contributed by atoms with van der Waals surface area (Å²) < 4.78 is 23.4. The van der Waals surface area contributed by atoms with Crippen molar-refractivity contribution < 1.29 is 13.9 Å². The molecule has 0 saturated carbocycles. The van der Waals surface area contributed by atoms with Gasteiger partial charge in [-0.25, -0.2) is 4.39 Å². The molecular weight excluding hydrogens is 339 g/mol. The van der Waals surface area contributed by atoms with E-state index >= 15 is 0 Å². The third-order valence-corrected chi connectivity index (χ3v) is 3.70. The lowest BCUT2D eigenvalue weighted by atomic mass is 10.1. The van der Waals surface area contributed by atoms with E-state index in [0.29, 0.717) is 17.2 Å². The molecule has 0 saturated heterocycles. The number of ether oxygens (including phenoxy) is 2. The van der Waals surface area contributed by atoms with Crippen molar-refractivity contribution in [3.63, 3.8) is 0 Å². The van der Waals surface area contributed by atoms with Gasteiger partial charge in [0.15, 0.2) is 11.5 Å². The van der Waals surface area contributed by atoms with E-state index in [1.165, 1.54) is 19.2 Å². The lowest BCUT2D eigenvalue weighted by Gasteiger charge is -2.10. The summed E-state index contributed by atoms with van der Waals surface area (Å²) in [7, 11) is 3.08. The molecule has 26 heavy (non-hydrogen) atoms. The number of H-pyrrole nitrogens is 1. The highest BCUT2D eigenvalue weighted by Crippen LogP contribution is 2.30. The maximum atomic E-state index is 12.9. The van der Waals surface area contributed by atoms with Gasteiger partial charge in [0.25, 0.3) is 5.56 Å². The minimum absolute atomic E-state index is 0.199. The van der Waals surface area contributed by atoms with Crippen molar-refractivity contribution in [2.24, 2.45) is 0 Å². The fourth-order valence-corrected chi connectivity index (χ4v) is 2.38. The zero-order chi connectivity index (χ0) is 18.5. The fourth-order valence-electron chi connectivity index (χ4n) is 2.38. The molecule has 134 valence electrons. The number of anilines is 2. The van der Waals surface area contributed by atoms with Crippen LogP contribution in [0.3, 0.4) is 0 Å². The second kappa shape index (κ2) is 7.64. The van der Waals surface area contributed by atoms with E-state index in [-0.39, 0.29) is 29.4 Å². The predicted molar refractivity (Wildman–Crippen MR) is 94.7 cm³/mol. The summed E-state index contributed by atoms with van der Waals surface area (Å²) in [5, 5.41) is 10.9. The van der Waals surface area contributed by atoms with Crippen molar-refractivity contribution in [2.75, 3.05) is 19.5 Å². The van der Waals surface area contributed by atoms with E-state index in [2.05, 4.69) is 20.5 Å². The Bertz CT molecular complexity index is 957. The Kier molecular flexibility index (Phi) is 5.12. The van der Waals surface area contributed by atoms with E-state index < -0.39 is 0 Å². The highest BCUT2D eigenvalue weighted by molar-refractivity contribution is 5.59. The van der Waals surface area contributed by atoms with Crippen LogP contribution in [0, 0.1) is 5.82 Å². The van der Waals surface area contributed by atoms with Crippen molar-refractivity contribution in [2.45, 2.75) is 6.42 Å². The number of benzene rings is 2. The first-order valence-electron chi connectivity index (χ1n) is 7.78. The topological polar surface area (TPSA) is 89.1 Å². The highest BCUT2D eigenvalue weighted by atomic mass is 19.1. The Balaban J connectivity index is 1.77. The molecule has 3 aromatic rings. The third-order valence-electron chi connectivity index (χ3n) is 3.70. The summed E-state index contributed by atoms with van der Waals surface area (Å²) in [6.07, 6.45) is 0.263. The second-order valence-corrected chi connectivity index (χ2v) is 5.45. The maximum absolute atomic E-state index is 12.9. The smallest absolute Gasteiger partial charge is 0.274 e. The number of nitrogens with zero attached hydrogens (tertiary/aromatic N) is 2. The van der Waals surface area contributed by atoms with Crippen LogP contribution in [-0.2, 0) is 6.42 Å². The summed E-state index contributed by atoms with van der Waals surface area (Å²) in [5.74, 6) is 1.00. The van der Waals surface area contributed by atoms with Gasteiger partial charge in [-0.05, 0) is 29.8 Å². The molecule has 2 aromatic carbocycles. The van der Waals surface area contributed by atoms with E-state index in [1.54, 1.807) is 37.4 Å². The summed E-state index contributed by atoms with van der Waals surface area (Å²) in [6, 6.07) is 11.1. The molecular formula is C18H17FN4O3. The van der Waals surface area contributed by atoms with Crippen molar-refractivity contribution in [3.8, 4) is 11.5 Å². The SMILES string of the molecule is COc1ccc(Nc2nnc(Cc3ccc(F)cc3)c(=O)[nH]2)cc1OC. The van der Waals surface area contributed by atoms with Gasteiger partial charge in [0, 0.05) is 18.2 Å². The molecule has 0 atom stereocenters. The van der Waals surface area contributed by atoms with E-state index in [0.717, 1.165) is 5.56 Å². The van der Waals surface area contributed by atoms with Gasteiger partial charge in [-0.15, -0.1) is 10.2 Å². The number of rotatable bonds is 6. The van der Waals surface area contributed by atoms with Crippen LogP contribution < -0.4 is 20.3 Å². The number of aromatic nitrogens is 3. The molecule has 0 radical (unpaired) electrons. The number of aromatic amines is 1. The molecule has 0 unspecified atom stereocenters. The summed E-state index contributed by atoms with van der Waals surface area (Å²) in [6.45, 7) is 0. The van der Waals surface area contributed by atoms with Crippen LogP contribution in [0.25, 0.3) is 0 Å². The zero-order valence-corrected chi connectivity index (χ0v) is 14.2. The van der Waals surface area contributed by atoms with Crippen LogP contribution in [0.5, 0.6) is 11.5 Å². The van der Waals surface area contributed by atoms with Gasteiger partial charge in [-0.2, -0.15) is 0 Å². The largest absolute Gasteiger partial charge is 0.493 e. The van der Waals surface area contributed by atoms with E-state index in [9.17, 15) is 9.18 Å². The standard InChI is InChI=1S/C18H17FN4O3/c1-25-15-8-7-13(10-16(15)26-2)20-18-21-17(24)14(22-23-18)9-11-3-5-12(19)6-4-11/h3-8,10H,9H2,1-2H3,(H2,20,21,23,24). The van der Waals surface area contributed by atoms with Crippen molar-refractivity contribution in [3.05, 3.63) is 69.9 Å². The van der Waals surface area contributed by atoms with Crippen LogP contribution >= 0.6 is 0 Å². The minimum atomic E-state index is -0.368. The minimum Gasteiger partial charge on any atom is -0.493 e. The Morgan fingerprint density at radius 1 is 1.04 bits per heavy atom. The molecule has 2 N–H and O–H groups in total. The lowest BCUT2D eigenvalue weighted by molar-refractivity contribution is 0.355. The molecule has 0 amide bonds. The van der Waals surface area contributed by atoms with Crippen LogP contribution in [0.2, 0.25) is 0 Å². The van der Waals surface area contributed by atoms with Gasteiger partial charge in [0.2, 0.25) is 5.95 Å². The summed E-state index contributed by atoms with van der Waals surface area (Å²) >= 11 is 0. The van der Waals surface area contributed by atoms with Gasteiger partial charge in [0.1, 0.15) is 11.5 Å². The molecule has 0 aliphatic rings. The Labute approximate surface area is 148 Å². The normalized spacial score (nSPS) is 10.4. The average molecular weight is 356 g/mol. The van der Waals surface area contributed by atoms with E-state index in [4.69, 9.17) is 9.47 Å². The molecule has 1 heterocycles. The van der Waals surface area contributed by atoms with Gasteiger partial charge in [-0.1, -0.05) is 12.1 Å². The Morgan fingerprint density at radius 3 is 2.42 bits per heavy atom. The van der Waals surface area contributed by atoms with Crippen molar-refractivity contribution in [1.29, 1.82) is 0 Å². The number of nitrogens with one attached hydrogen (secondary N) is 2. The van der Waals surface area contributed by atoms with Crippen molar-refractivity contribution in [1.82, 2.24) is 15.2 Å². The molecule has 0 fully saturated rings. The van der Waals surface area contributed by atoms with Gasteiger partial charge in [0.05, 0.1) is 14.2 Å². The van der Waals surface area contributed by atoms with Crippen LogP contribution in [0.4, 0.5) is 16.0 Å². The fraction of sp³-hybridized carbons (Fsp3) is 0.167. The van der Waals surface area contributed by atoms with Gasteiger partial charge in [-0.3, -0.25) is 9.78 Å². The van der Waals surface area contributed by atoms with Gasteiger partial charge < -0.3 is 14.8 Å². The molecule has 1 aromatic heterocycles. The molecule has 0 spiro atoms. The maximum Gasteiger partial charge on any atom is 0.274 e. The summed E-state index contributed by atoms with van der Waals surface area (Å²) in [5.41, 5.74) is 1.30. The Hall–Kier alpha value is -3.42. The van der Waals surface area contributed by atoms with Crippen LogP contribution in [0.15, 0.2) is 47.3 Å². The molecule has 0 bridgehead atoms. The molecule has 0 aliphatic heterocycles. The quantitative estimate of drug-likeness (QED) is 0.706. The molecule has 7 nitrogen and oxygen atoms in total. The van der Waals surface area contributed by atoms with Crippen LogP contribution in [0.1, 0.15) is 11.3 Å². The number of hydrogen-bond donors (Lipinski definition) is 2. The number of hydrogen-bond acceptors (Lipinski definition) is 6. The molecule has 8 heteroatoms. The number of methoxy groups -OCH3 is 2. The first-order chi connectivity index (χ1) is 12.6.